The first-order valence-electron chi connectivity index (χ1n) is 8.24. The van der Waals surface area contributed by atoms with E-state index >= 15 is 0 Å². The highest BCUT2D eigenvalue weighted by atomic mass is 127. The molecule has 1 saturated carbocycles. The van der Waals surface area contributed by atoms with E-state index in [1.165, 1.54) is 0 Å². The molecule has 2 unspecified atom stereocenters. The van der Waals surface area contributed by atoms with Gasteiger partial charge in [-0.1, -0.05) is 6.42 Å². The second-order valence-corrected chi connectivity index (χ2v) is 7.82. The van der Waals surface area contributed by atoms with Crippen LogP contribution in [0.15, 0.2) is 18.2 Å². The van der Waals surface area contributed by atoms with Crippen LogP contribution in [-0.2, 0) is 4.79 Å². The van der Waals surface area contributed by atoms with Gasteiger partial charge in [0.1, 0.15) is 0 Å². The van der Waals surface area contributed by atoms with Gasteiger partial charge >= 0.3 is 0 Å². The normalized spacial score (nSPS) is 21.1. The van der Waals surface area contributed by atoms with E-state index in [-0.39, 0.29) is 29.8 Å². The number of amides is 2. The summed E-state index contributed by atoms with van der Waals surface area (Å²) in [4.78, 5) is 24.6. The van der Waals surface area contributed by atoms with E-state index in [0.717, 1.165) is 34.8 Å². The van der Waals surface area contributed by atoms with Crippen molar-refractivity contribution in [3.63, 3.8) is 0 Å². The molecular weight excluding hydrogens is 403 g/mol. The largest absolute Gasteiger partial charge is 0.354 e. The number of halogens is 1. The second-order valence-electron chi connectivity index (χ2n) is 6.66. The molecule has 5 heteroatoms. The van der Waals surface area contributed by atoms with Crippen LogP contribution in [0.25, 0.3) is 0 Å². The molecule has 1 aromatic rings. The Labute approximate surface area is 151 Å². The van der Waals surface area contributed by atoms with E-state index in [9.17, 15) is 9.59 Å². The predicted molar refractivity (Wildman–Crippen MR) is 100 cm³/mol. The van der Waals surface area contributed by atoms with Crippen LogP contribution in [0.1, 0.15) is 55.5 Å². The topological polar surface area (TPSA) is 58.2 Å². The molecule has 126 valence electrons. The number of carbonyl (C=O) groups is 2. The van der Waals surface area contributed by atoms with Crippen LogP contribution >= 0.6 is 22.6 Å². The third-order valence-corrected chi connectivity index (χ3v) is 5.44. The monoisotopic (exact) mass is 428 g/mol. The van der Waals surface area contributed by atoms with E-state index in [1.807, 2.05) is 39.0 Å². The minimum Gasteiger partial charge on any atom is -0.354 e. The molecule has 0 bridgehead atoms. The standard InChI is InChI=1S/C18H25IN2O2/c1-11(2)20-17(22)13-5-4-6-15(10-13)21-18(23)14-7-8-16(19)12(3)9-14/h7-9,11,13,15H,4-6,10H2,1-3H3,(H,20,22)(H,21,23). The average Bonchev–Trinajstić information content (AvgIpc) is 2.49. The van der Waals surface area contributed by atoms with Crippen molar-refractivity contribution in [2.75, 3.05) is 0 Å². The first-order chi connectivity index (χ1) is 10.9. The zero-order chi connectivity index (χ0) is 17.0. The zero-order valence-corrected chi connectivity index (χ0v) is 16.1. The Morgan fingerprint density at radius 2 is 2.00 bits per heavy atom. The van der Waals surface area contributed by atoms with E-state index in [1.54, 1.807) is 0 Å². The van der Waals surface area contributed by atoms with Crippen molar-refractivity contribution >= 4 is 34.4 Å². The fourth-order valence-corrected chi connectivity index (χ4v) is 3.35. The van der Waals surface area contributed by atoms with E-state index < -0.39 is 0 Å². The van der Waals surface area contributed by atoms with Crippen LogP contribution in [0.5, 0.6) is 0 Å². The van der Waals surface area contributed by atoms with E-state index in [4.69, 9.17) is 0 Å². The minimum absolute atomic E-state index is 0.00917. The number of aryl methyl sites for hydroxylation is 1. The van der Waals surface area contributed by atoms with Gasteiger partial charge in [-0.3, -0.25) is 9.59 Å². The van der Waals surface area contributed by atoms with Crippen molar-refractivity contribution in [1.29, 1.82) is 0 Å². The Balaban J connectivity index is 1.95. The van der Waals surface area contributed by atoms with E-state index in [0.29, 0.717) is 5.56 Å². The van der Waals surface area contributed by atoms with Crippen LogP contribution in [0.2, 0.25) is 0 Å². The van der Waals surface area contributed by atoms with Crippen molar-refractivity contribution < 1.29 is 9.59 Å². The summed E-state index contributed by atoms with van der Waals surface area (Å²) in [5, 5.41) is 6.08. The lowest BCUT2D eigenvalue weighted by Crippen LogP contribution is -2.43. The zero-order valence-electron chi connectivity index (χ0n) is 14.0. The van der Waals surface area contributed by atoms with Crippen molar-refractivity contribution in [1.82, 2.24) is 10.6 Å². The Kier molecular flexibility index (Phi) is 6.44. The summed E-state index contributed by atoms with van der Waals surface area (Å²) in [6, 6.07) is 5.98. The second kappa shape index (κ2) is 8.13. The van der Waals surface area contributed by atoms with Gasteiger partial charge in [0.2, 0.25) is 5.91 Å². The highest BCUT2D eigenvalue weighted by Gasteiger charge is 2.28. The number of hydrogen-bond acceptors (Lipinski definition) is 2. The smallest absolute Gasteiger partial charge is 0.251 e. The lowest BCUT2D eigenvalue weighted by Gasteiger charge is -2.29. The summed E-state index contributed by atoms with van der Waals surface area (Å²) in [6.07, 6.45) is 3.56. The van der Waals surface area contributed by atoms with Crippen molar-refractivity contribution in [2.24, 2.45) is 5.92 Å². The minimum atomic E-state index is -0.0422. The van der Waals surface area contributed by atoms with Crippen LogP contribution in [0.4, 0.5) is 0 Å². The Morgan fingerprint density at radius 3 is 2.65 bits per heavy atom. The van der Waals surface area contributed by atoms with Gasteiger partial charge < -0.3 is 10.6 Å². The Morgan fingerprint density at radius 1 is 1.26 bits per heavy atom. The Hall–Kier alpha value is -1.11. The molecule has 0 heterocycles. The third kappa shape index (κ3) is 5.19. The molecule has 23 heavy (non-hydrogen) atoms. The molecule has 0 radical (unpaired) electrons. The number of benzene rings is 1. The maximum Gasteiger partial charge on any atom is 0.251 e. The molecule has 1 aromatic carbocycles. The first kappa shape index (κ1) is 18.2. The quantitative estimate of drug-likeness (QED) is 0.723. The fraction of sp³-hybridized carbons (Fsp3) is 0.556. The predicted octanol–water partition coefficient (Wildman–Crippen LogP) is 3.41. The Bertz CT molecular complexity index is 586. The molecule has 1 aliphatic carbocycles. The SMILES string of the molecule is Cc1cc(C(=O)NC2CCCC(C(=O)NC(C)C)C2)ccc1I. The summed E-state index contributed by atoms with van der Waals surface area (Å²) in [7, 11) is 0. The maximum absolute atomic E-state index is 12.4. The van der Waals surface area contributed by atoms with E-state index in [2.05, 4.69) is 33.2 Å². The third-order valence-electron chi connectivity index (χ3n) is 4.23. The average molecular weight is 428 g/mol. The molecule has 0 spiro atoms. The summed E-state index contributed by atoms with van der Waals surface area (Å²) in [5.41, 5.74) is 1.80. The molecule has 2 atom stereocenters. The molecule has 2 N–H and O–H groups in total. The van der Waals surface area contributed by atoms with Gasteiger partial charge in [-0.15, -0.1) is 0 Å². The number of nitrogens with one attached hydrogen (secondary N) is 2. The van der Waals surface area contributed by atoms with Crippen molar-refractivity contribution in [3.8, 4) is 0 Å². The summed E-state index contributed by atoms with van der Waals surface area (Å²) in [5.74, 6) is 0.0818. The molecule has 0 saturated heterocycles. The number of hydrogen-bond donors (Lipinski definition) is 2. The van der Waals surface area contributed by atoms with Crippen LogP contribution in [0.3, 0.4) is 0 Å². The van der Waals surface area contributed by atoms with Crippen molar-refractivity contribution in [3.05, 3.63) is 32.9 Å². The van der Waals surface area contributed by atoms with Crippen LogP contribution < -0.4 is 10.6 Å². The van der Waals surface area contributed by atoms with Crippen LogP contribution in [0, 0.1) is 16.4 Å². The first-order valence-corrected chi connectivity index (χ1v) is 9.32. The lowest BCUT2D eigenvalue weighted by molar-refractivity contribution is -0.126. The maximum atomic E-state index is 12.4. The van der Waals surface area contributed by atoms with Gasteiger partial charge in [0.15, 0.2) is 0 Å². The lowest BCUT2D eigenvalue weighted by atomic mass is 9.85. The molecule has 4 nitrogen and oxygen atoms in total. The van der Waals surface area contributed by atoms with Gasteiger partial charge in [0, 0.05) is 27.1 Å². The van der Waals surface area contributed by atoms with Gasteiger partial charge in [0.25, 0.3) is 5.91 Å². The number of rotatable bonds is 4. The summed E-state index contributed by atoms with van der Waals surface area (Å²) in [6.45, 7) is 5.95. The number of carbonyl (C=O) groups excluding carboxylic acids is 2. The van der Waals surface area contributed by atoms with Gasteiger partial charge in [-0.25, -0.2) is 0 Å². The highest BCUT2D eigenvalue weighted by Crippen LogP contribution is 2.25. The molecule has 2 amide bonds. The summed E-state index contributed by atoms with van der Waals surface area (Å²) < 4.78 is 1.15. The van der Waals surface area contributed by atoms with Gasteiger partial charge in [-0.2, -0.15) is 0 Å². The molecule has 1 aliphatic rings. The summed E-state index contributed by atoms with van der Waals surface area (Å²) >= 11 is 2.26. The van der Waals surface area contributed by atoms with Crippen LogP contribution in [-0.4, -0.2) is 23.9 Å². The molecular formula is C18H25IN2O2. The molecule has 0 aromatic heterocycles. The molecule has 0 aliphatic heterocycles. The fourth-order valence-electron chi connectivity index (χ4n) is 3.02. The molecule has 1 fully saturated rings. The van der Waals surface area contributed by atoms with Gasteiger partial charge in [0.05, 0.1) is 0 Å². The van der Waals surface area contributed by atoms with Gasteiger partial charge in [-0.05, 0) is 86.4 Å². The van der Waals surface area contributed by atoms with Crippen molar-refractivity contribution in [2.45, 2.75) is 58.5 Å². The molecule has 2 rings (SSSR count). The highest BCUT2D eigenvalue weighted by molar-refractivity contribution is 14.1.